The maximum absolute atomic E-state index is 12.3. The van der Waals surface area contributed by atoms with Crippen molar-refractivity contribution in [3.8, 4) is 0 Å². The van der Waals surface area contributed by atoms with Gasteiger partial charge in [0.2, 0.25) is 6.36 Å². The van der Waals surface area contributed by atoms with Crippen LogP contribution in [0.2, 0.25) is 0 Å². The summed E-state index contributed by atoms with van der Waals surface area (Å²) in [5, 5.41) is 0. The molecule has 11 heavy (non-hydrogen) atoms. The van der Waals surface area contributed by atoms with E-state index in [-0.39, 0.29) is 0 Å². The molecular weight excluding hydrogens is 158 g/mol. The molecule has 5 heteroatoms. The summed E-state index contributed by atoms with van der Waals surface area (Å²) in [6, 6.07) is 0. The summed E-state index contributed by atoms with van der Waals surface area (Å²) < 4.78 is 27.9. The molecule has 2 atom stereocenters. The number of rotatable bonds is 3. The Balaban J connectivity index is 3.93. The van der Waals surface area contributed by atoms with Crippen LogP contribution < -0.4 is 0 Å². The molecule has 0 saturated carbocycles. The number of esters is 1. The van der Waals surface area contributed by atoms with Crippen LogP contribution in [0.25, 0.3) is 0 Å². The van der Waals surface area contributed by atoms with Crippen molar-refractivity contribution in [3.05, 3.63) is 0 Å². The minimum atomic E-state index is -2.37. The highest BCUT2D eigenvalue weighted by molar-refractivity contribution is 6.00. The van der Waals surface area contributed by atoms with Crippen LogP contribution in [0.15, 0.2) is 0 Å². The molecule has 0 bridgehead atoms. The minimum Gasteiger partial charge on any atom is -0.429 e. The number of carbonyl (C=O) groups is 2. The number of ketones is 1. The highest BCUT2D eigenvalue weighted by Crippen LogP contribution is 2.00. The van der Waals surface area contributed by atoms with Gasteiger partial charge in [0.1, 0.15) is 0 Å². The fraction of sp³-hybridized carbons (Fsp3) is 0.667. The quantitative estimate of drug-likeness (QED) is 0.459. The first kappa shape index (κ1) is 10.0. The van der Waals surface area contributed by atoms with Gasteiger partial charge in [0.15, 0.2) is 5.78 Å². The number of ether oxygens (including phenoxy) is 1. The van der Waals surface area contributed by atoms with E-state index in [1.807, 2.05) is 0 Å². The third-order valence-electron chi connectivity index (χ3n) is 0.842. The van der Waals surface area contributed by atoms with E-state index in [1.165, 1.54) is 0 Å². The van der Waals surface area contributed by atoms with Crippen molar-refractivity contribution in [2.75, 3.05) is 0 Å². The number of alkyl halides is 2. The highest BCUT2D eigenvalue weighted by Gasteiger charge is 2.25. The van der Waals surface area contributed by atoms with Gasteiger partial charge in [0.25, 0.3) is 6.17 Å². The Morgan fingerprint density at radius 1 is 1.36 bits per heavy atom. The van der Waals surface area contributed by atoms with Gasteiger partial charge in [-0.15, -0.1) is 0 Å². The standard InChI is InChI=1S/C6H8F2O3/c1-3(9)5(8)6(10)11-4(2)7/h4-5H,1-2H3. The molecule has 64 valence electrons. The zero-order valence-corrected chi connectivity index (χ0v) is 6.14. The van der Waals surface area contributed by atoms with Crippen LogP contribution in [0.3, 0.4) is 0 Å². The fourth-order valence-electron chi connectivity index (χ4n) is 0.386. The van der Waals surface area contributed by atoms with E-state index in [1.54, 1.807) is 0 Å². The Morgan fingerprint density at radius 3 is 2.09 bits per heavy atom. The lowest BCUT2D eigenvalue weighted by atomic mass is 10.3. The minimum absolute atomic E-state index is 0.884. The monoisotopic (exact) mass is 166 g/mol. The number of Topliss-reactive ketones (excluding diaryl/α,β-unsaturated/α-hetero) is 1. The summed E-state index contributed by atoms with van der Waals surface area (Å²) in [5.74, 6) is -2.47. The molecule has 0 radical (unpaired) electrons. The average molecular weight is 166 g/mol. The molecule has 0 aliphatic heterocycles. The Bertz CT molecular complexity index is 167. The van der Waals surface area contributed by atoms with Crippen LogP contribution in [0.4, 0.5) is 8.78 Å². The molecule has 0 aromatic heterocycles. The zero-order valence-electron chi connectivity index (χ0n) is 6.14. The van der Waals surface area contributed by atoms with E-state index in [0.29, 0.717) is 0 Å². The van der Waals surface area contributed by atoms with Gasteiger partial charge < -0.3 is 4.74 Å². The van der Waals surface area contributed by atoms with E-state index in [4.69, 9.17) is 0 Å². The molecule has 0 aromatic carbocycles. The molecule has 0 spiro atoms. The Kier molecular flexibility index (Phi) is 3.64. The molecule has 0 aromatic rings. The Morgan fingerprint density at radius 2 is 1.82 bits per heavy atom. The Labute approximate surface area is 62.3 Å². The number of hydrogen-bond acceptors (Lipinski definition) is 3. The van der Waals surface area contributed by atoms with Crippen LogP contribution in [0.1, 0.15) is 13.8 Å². The largest absolute Gasteiger partial charge is 0.429 e. The van der Waals surface area contributed by atoms with Crippen LogP contribution in [-0.2, 0) is 14.3 Å². The lowest BCUT2D eigenvalue weighted by molar-refractivity contribution is -0.163. The van der Waals surface area contributed by atoms with Gasteiger partial charge in [0.05, 0.1) is 0 Å². The van der Waals surface area contributed by atoms with Crippen molar-refractivity contribution < 1.29 is 23.1 Å². The molecule has 0 fully saturated rings. The lowest BCUT2D eigenvalue weighted by Gasteiger charge is -2.05. The van der Waals surface area contributed by atoms with Crippen LogP contribution in [-0.4, -0.2) is 24.3 Å². The first-order chi connectivity index (χ1) is 4.95. The molecular formula is C6H8F2O3. The van der Waals surface area contributed by atoms with E-state index in [2.05, 4.69) is 4.74 Å². The van der Waals surface area contributed by atoms with Crippen molar-refractivity contribution in [2.45, 2.75) is 26.4 Å². The highest BCUT2D eigenvalue weighted by atomic mass is 19.1. The third-order valence-corrected chi connectivity index (χ3v) is 0.842. The van der Waals surface area contributed by atoms with Gasteiger partial charge in [-0.05, 0) is 6.92 Å². The number of hydrogen-bond donors (Lipinski definition) is 0. The summed E-state index contributed by atoms with van der Waals surface area (Å²) in [6.45, 7) is 1.81. The van der Waals surface area contributed by atoms with Gasteiger partial charge in [-0.25, -0.2) is 13.6 Å². The van der Waals surface area contributed by atoms with Crippen molar-refractivity contribution in [1.82, 2.24) is 0 Å². The van der Waals surface area contributed by atoms with E-state index in [9.17, 15) is 18.4 Å². The number of carbonyl (C=O) groups excluding carboxylic acids is 2. The smallest absolute Gasteiger partial charge is 0.351 e. The van der Waals surface area contributed by atoms with Crippen LogP contribution in [0.5, 0.6) is 0 Å². The molecule has 0 heterocycles. The predicted octanol–water partition coefficient (Wildman–Crippen LogP) is 0.772. The van der Waals surface area contributed by atoms with Crippen molar-refractivity contribution >= 4 is 11.8 Å². The second kappa shape index (κ2) is 4.00. The van der Waals surface area contributed by atoms with Gasteiger partial charge in [-0.1, -0.05) is 0 Å². The first-order valence-electron chi connectivity index (χ1n) is 2.94. The fourth-order valence-corrected chi connectivity index (χ4v) is 0.386. The second-order valence-electron chi connectivity index (χ2n) is 1.95. The maximum Gasteiger partial charge on any atom is 0.351 e. The molecule has 0 N–H and O–H groups in total. The van der Waals surface area contributed by atoms with Crippen molar-refractivity contribution in [3.63, 3.8) is 0 Å². The lowest BCUT2D eigenvalue weighted by Crippen LogP contribution is -2.27. The van der Waals surface area contributed by atoms with E-state index < -0.39 is 24.3 Å². The van der Waals surface area contributed by atoms with Gasteiger partial charge in [-0.2, -0.15) is 0 Å². The summed E-state index contributed by atoms with van der Waals surface area (Å²) in [5.41, 5.74) is 0. The first-order valence-corrected chi connectivity index (χ1v) is 2.94. The normalized spacial score (nSPS) is 15.3. The van der Waals surface area contributed by atoms with E-state index >= 15 is 0 Å². The topological polar surface area (TPSA) is 43.4 Å². The van der Waals surface area contributed by atoms with Gasteiger partial charge >= 0.3 is 5.97 Å². The second-order valence-corrected chi connectivity index (χ2v) is 1.95. The average Bonchev–Trinajstić information content (AvgIpc) is 1.84. The molecule has 2 unspecified atom stereocenters. The Hall–Kier alpha value is -1.00. The maximum atomic E-state index is 12.3. The van der Waals surface area contributed by atoms with Crippen molar-refractivity contribution in [1.29, 1.82) is 0 Å². The van der Waals surface area contributed by atoms with Crippen molar-refractivity contribution in [2.24, 2.45) is 0 Å². The van der Waals surface area contributed by atoms with Gasteiger partial charge in [-0.3, -0.25) is 4.79 Å². The summed E-state index contributed by atoms with van der Waals surface area (Å²) in [7, 11) is 0. The number of halogens is 2. The molecule has 0 saturated heterocycles. The SMILES string of the molecule is CC(=O)C(F)C(=O)OC(C)F. The van der Waals surface area contributed by atoms with Crippen LogP contribution >= 0.6 is 0 Å². The van der Waals surface area contributed by atoms with Crippen LogP contribution in [0, 0.1) is 0 Å². The molecule has 0 rings (SSSR count). The zero-order chi connectivity index (χ0) is 9.02. The predicted molar refractivity (Wildman–Crippen MR) is 32.2 cm³/mol. The van der Waals surface area contributed by atoms with Gasteiger partial charge in [0, 0.05) is 6.92 Å². The van der Waals surface area contributed by atoms with E-state index in [0.717, 1.165) is 13.8 Å². The molecule has 3 nitrogen and oxygen atoms in total. The molecule has 0 aliphatic rings. The summed E-state index contributed by atoms with van der Waals surface area (Å²) in [6.07, 6.45) is -4.26. The summed E-state index contributed by atoms with van der Waals surface area (Å²) in [4.78, 5) is 20.5. The third kappa shape index (κ3) is 3.64. The summed E-state index contributed by atoms with van der Waals surface area (Å²) >= 11 is 0. The molecule has 0 aliphatic carbocycles. The molecule has 0 amide bonds.